The number of hydrogen-bond acceptors (Lipinski definition) is 3. The van der Waals surface area contributed by atoms with Gasteiger partial charge in [-0.05, 0) is 32.0 Å². The second-order valence-electron chi connectivity index (χ2n) is 4.52. The molecular weight excluding hydrogens is 260 g/mol. The Morgan fingerprint density at radius 3 is 2.68 bits per heavy atom. The van der Waals surface area contributed by atoms with Crippen LogP contribution in [-0.2, 0) is 0 Å². The van der Waals surface area contributed by atoms with Gasteiger partial charge in [-0.25, -0.2) is 0 Å². The molecule has 1 aromatic heterocycles. The molecule has 0 bridgehead atoms. The van der Waals surface area contributed by atoms with E-state index in [1.165, 1.54) is 5.56 Å². The van der Waals surface area contributed by atoms with Gasteiger partial charge in [0.25, 0.3) is 0 Å². The quantitative estimate of drug-likeness (QED) is 0.899. The van der Waals surface area contributed by atoms with Gasteiger partial charge in [0.15, 0.2) is 0 Å². The summed E-state index contributed by atoms with van der Waals surface area (Å²) in [6, 6.07) is 10.0. The van der Waals surface area contributed by atoms with Gasteiger partial charge in [-0.15, -0.1) is 0 Å². The van der Waals surface area contributed by atoms with Gasteiger partial charge >= 0.3 is 0 Å². The molecule has 0 saturated carbocycles. The van der Waals surface area contributed by atoms with Crippen molar-refractivity contribution in [2.75, 3.05) is 11.9 Å². The highest BCUT2D eigenvalue weighted by Gasteiger charge is 2.06. The Kier molecular flexibility index (Phi) is 4.63. The highest BCUT2D eigenvalue weighted by Crippen LogP contribution is 2.20. The normalized spacial score (nSPS) is 11.9. The van der Waals surface area contributed by atoms with Crippen LogP contribution in [0.2, 0.25) is 5.02 Å². The first-order chi connectivity index (χ1) is 9.15. The number of pyridine rings is 1. The van der Waals surface area contributed by atoms with Crippen molar-refractivity contribution >= 4 is 17.3 Å². The first-order valence-corrected chi connectivity index (χ1v) is 6.58. The Hall–Kier alpha value is -1.74. The van der Waals surface area contributed by atoms with Crippen LogP contribution in [0.4, 0.5) is 5.69 Å². The zero-order valence-electron chi connectivity index (χ0n) is 11.1. The van der Waals surface area contributed by atoms with Crippen molar-refractivity contribution in [3.63, 3.8) is 0 Å². The molecule has 0 spiro atoms. The number of nitrogens with zero attached hydrogens (tertiary/aromatic N) is 1. The molecule has 2 rings (SSSR count). The van der Waals surface area contributed by atoms with Gasteiger partial charge in [-0.1, -0.05) is 29.3 Å². The standard InChI is InChI=1S/C15H17ClN2O/c1-11-3-5-13(6-4-11)19-10-12(2)18-15-7-8-17-9-14(15)16/h3-9,12H,10H2,1-2H3,(H,17,18). The Bertz CT molecular complexity index is 528. The summed E-state index contributed by atoms with van der Waals surface area (Å²) in [5, 5.41) is 3.91. The Morgan fingerprint density at radius 1 is 1.26 bits per heavy atom. The zero-order valence-corrected chi connectivity index (χ0v) is 11.8. The smallest absolute Gasteiger partial charge is 0.119 e. The molecule has 0 fully saturated rings. The molecule has 3 nitrogen and oxygen atoms in total. The molecule has 0 amide bonds. The number of hydrogen-bond donors (Lipinski definition) is 1. The van der Waals surface area contributed by atoms with Crippen molar-refractivity contribution in [1.29, 1.82) is 0 Å². The van der Waals surface area contributed by atoms with Crippen molar-refractivity contribution in [3.05, 3.63) is 53.3 Å². The van der Waals surface area contributed by atoms with E-state index in [0.717, 1.165) is 11.4 Å². The number of benzene rings is 1. The van der Waals surface area contributed by atoms with Crippen LogP contribution in [0.1, 0.15) is 12.5 Å². The summed E-state index contributed by atoms with van der Waals surface area (Å²) in [5.74, 6) is 0.875. The minimum Gasteiger partial charge on any atom is -0.491 e. The molecule has 19 heavy (non-hydrogen) atoms. The fourth-order valence-electron chi connectivity index (χ4n) is 1.66. The van der Waals surface area contributed by atoms with E-state index < -0.39 is 0 Å². The monoisotopic (exact) mass is 276 g/mol. The van der Waals surface area contributed by atoms with Crippen molar-refractivity contribution in [1.82, 2.24) is 4.98 Å². The third-order valence-corrected chi connectivity index (χ3v) is 3.00. The number of rotatable bonds is 5. The Labute approximate surface area is 118 Å². The lowest BCUT2D eigenvalue weighted by Gasteiger charge is -2.17. The van der Waals surface area contributed by atoms with Gasteiger partial charge in [0.1, 0.15) is 12.4 Å². The molecule has 0 aliphatic rings. The third-order valence-electron chi connectivity index (χ3n) is 2.70. The lowest BCUT2D eigenvalue weighted by Crippen LogP contribution is -2.23. The first kappa shape index (κ1) is 13.7. The molecule has 2 aromatic rings. The number of ether oxygens (including phenoxy) is 1. The van der Waals surface area contributed by atoms with E-state index in [2.05, 4.69) is 17.2 Å². The fourth-order valence-corrected chi connectivity index (χ4v) is 1.83. The van der Waals surface area contributed by atoms with Crippen LogP contribution in [-0.4, -0.2) is 17.6 Å². The zero-order chi connectivity index (χ0) is 13.7. The van der Waals surface area contributed by atoms with Gasteiger partial charge in [0, 0.05) is 12.4 Å². The van der Waals surface area contributed by atoms with Gasteiger partial charge in [0.2, 0.25) is 0 Å². The first-order valence-electron chi connectivity index (χ1n) is 6.20. The van der Waals surface area contributed by atoms with E-state index in [1.807, 2.05) is 37.3 Å². The van der Waals surface area contributed by atoms with Gasteiger partial charge in [0.05, 0.1) is 16.8 Å². The summed E-state index contributed by atoms with van der Waals surface area (Å²) in [4.78, 5) is 3.95. The molecule has 0 aliphatic heterocycles. The van der Waals surface area contributed by atoms with Crippen LogP contribution in [0, 0.1) is 6.92 Å². The summed E-state index contributed by atoms with van der Waals surface area (Å²) >= 11 is 6.04. The molecule has 0 radical (unpaired) electrons. The number of aryl methyl sites for hydroxylation is 1. The van der Waals surface area contributed by atoms with Gasteiger partial charge < -0.3 is 10.1 Å². The molecule has 1 atom stereocenters. The van der Waals surface area contributed by atoms with E-state index in [0.29, 0.717) is 11.6 Å². The van der Waals surface area contributed by atoms with E-state index in [-0.39, 0.29) is 6.04 Å². The Balaban J connectivity index is 1.86. The number of anilines is 1. The summed E-state index contributed by atoms with van der Waals surface area (Å²) < 4.78 is 5.71. The lowest BCUT2D eigenvalue weighted by molar-refractivity contribution is 0.304. The third kappa shape index (κ3) is 4.14. The molecule has 100 valence electrons. The van der Waals surface area contributed by atoms with E-state index in [9.17, 15) is 0 Å². The average molecular weight is 277 g/mol. The van der Waals surface area contributed by atoms with Crippen molar-refractivity contribution in [3.8, 4) is 5.75 Å². The van der Waals surface area contributed by atoms with E-state index in [1.54, 1.807) is 12.4 Å². The van der Waals surface area contributed by atoms with Crippen molar-refractivity contribution in [2.24, 2.45) is 0 Å². The summed E-state index contributed by atoms with van der Waals surface area (Å²) in [6.07, 6.45) is 3.33. The van der Waals surface area contributed by atoms with Crippen LogP contribution in [0.5, 0.6) is 5.75 Å². The summed E-state index contributed by atoms with van der Waals surface area (Å²) in [5.41, 5.74) is 2.10. The van der Waals surface area contributed by atoms with Crippen molar-refractivity contribution < 1.29 is 4.74 Å². The molecule has 1 aromatic carbocycles. The SMILES string of the molecule is Cc1ccc(OCC(C)Nc2ccncc2Cl)cc1. The predicted molar refractivity (Wildman–Crippen MR) is 79.0 cm³/mol. The van der Waals surface area contributed by atoms with Gasteiger partial charge in [-0.2, -0.15) is 0 Å². The molecular formula is C15H17ClN2O. The maximum atomic E-state index is 6.04. The molecule has 1 heterocycles. The van der Waals surface area contributed by atoms with Crippen molar-refractivity contribution in [2.45, 2.75) is 19.9 Å². The number of nitrogens with one attached hydrogen (secondary N) is 1. The summed E-state index contributed by atoms with van der Waals surface area (Å²) in [7, 11) is 0. The molecule has 4 heteroatoms. The van der Waals surface area contributed by atoms with Crippen LogP contribution in [0.3, 0.4) is 0 Å². The van der Waals surface area contributed by atoms with Crippen LogP contribution < -0.4 is 10.1 Å². The number of halogens is 1. The number of aromatic nitrogens is 1. The Morgan fingerprint density at radius 2 is 2.00 bits per heavy atom. The molecule has 0 aliphatic carbocycles. The fraction of sp³-hybridized carbons (Fsp3) is 0.267. The topological polar surface area (TPSA) is 34.1 Å². The maximum Gasteiger partial charge on any atom is 0.119 e. The molecule has 1 unspecified atom stereocenters. The minimum atomic E-state index is 0.154. The summed E-state index contributed by atoms with van der Waals surface area (Å²) in [6.45, 7) is 4.67. The largest absolute Gasteiger partial charge is 0.491 e. The highest BCUT2D eigenvalue weighted by atomic mass is 35.5. The lowest BCUT2D eigenvalue weighted by atomic mass is 10.2. The second kappa shape index (κ2) is 6.43. The molecule has 0 saturated heterocycles. The maximum absolute atomic E-state index is 6.04. The minimum absolute atomic E-state index is 0.154. The van der Waals surface area contributed by atoms with E-state index in [4.69, 9.17) is 16.3 Å². The van der Waals surface area contributed by atoms with Crippen LogP contribution >= 0.6 is 11.6 Å². The van der Waals surface area contributed by atoms with Crippen LogP contribution in [0.15, 0.2) is 42.7 Å². The predicted octanol–water partition coefficient (Wildman–Crippen LogP) is 3.92. The highest BCUT2D eigenvalue weighted by molar-refractivity contribution is 6.33. The second-order valence-corrected chi connectivity index (χ2v) is 4.93. The molecule has 1 N–H and O–H groups in total. The van der Waals surface area contributed by atoms with Crippen LogP contribution in [0.25, 0.3) is 0 Å². The average Bonchev–Trinajstić information content (AvgIpc) is 2.41. The van der Waals surface area contributed by atoms with E-state index >= 15 is 0 Å². The van der Waals surface area contributed by atoms with Gasteiger partial charge in [-0.3, -0.25) is 4.98 Å².